The molecule has 0 atom stereocenters. The van der Waals surface area contributed by atoms with Crippen LogP contribution in [0.1, 0.15) is 18.4 Å². The number of aliphatic hydroxyl groups is 1. The van der Waals surface area contributed by atoms with Crippen molar-refractivity contribution in [3.05, 3.63) is 29.8 Å². The van der Waals surface area contributed by atoms with Gasteiger partial charge in [-0.3, -0.25) is 9.79 Å². The fourth-order valence-electron chi connectivity index (χ4n) is 1.34. The Morgan fingerprint density at radius 2 is 2.00 bits per heavy atom. The molecule has 0 amide bonds. The lowest BCUT2D eigenvalue weighted by atomic mass is 10.1. The highest BCUT2D eigenvalue weighted by molar-refractivity contribution is 5.66. The third-order valence-corrected chi connectivity index (χ3v) is 2.11. The Morgan fingerprint density at radius 3 is 2.56 bits per heavy atom. The second kappa shape index (κ2) is 6.74. The Kier molecular flexibility index (Phi) is 5.22. The highest BCUT2D eigenvalue weighted by Gasteiger charge is 1.98. The van der Waals surface area contributed by atoms with Gasteiger partial charge in [-0.25, -0.2) is 0 Å². The van der Waals surface area contributed by atoms with E-state index in [1.165, 1.54) is 6.21 Å². The van der Waals surface area contributed by atoms with E-state index in [4.69, 9.17) is 10.2 Å². The first-order valence-corrected chi connectivity index (χ1v) is 5.16. The highest BCUT2D eigenvalue weighted by Crippen LogP contribution is 2.14. The summed E-state index contributed by atoms with van der Waals surface area (Å²) in [7, 11) is 0. The Labute approximate surface area is 94.3 Å². The molecule has 0 aliphatic heterocycles. The van der Waals surface area contributed by atoms with Gasteiger partial charge in [-0.1, -0.05) is 12.1 Å². The Balaban J connectivity index is 2.45. The molecule has 1 rings (SSSR count). The molecule has 0 unspecified atom stereocenters. The van der Waals surface area contributed by atoms with Crippen LogP contribution in [-0.4, -0.2) is 29.0 Å². The molecule has 0 saturated heterocycles. The molecule has 0 aromatic heterocycles. The summed E-state index contributed by atoms with van der Waals surface area (Å²) in [6, 6.07) is 7.54. The topological polar surface area (TPSA) is 69.9 Å². The van der Waals surface area contributed by atoms with Crippen LogP contribution in [0.15, 0.2) is 29.3 Å². The van der Waals surface area contributed by atoms with Crippen LogP contribution in [-0.2, 0) is 11.2 Å². The van der Waals surface area contributed by atoms with Crippen molar-refractivity contribution >= 4 is 17.9 Å². The molecule has 0 bridgehead atoms. The predicted octanol–water partition coefficient (Wildman–Crippen LogP) is 1.79. The number of nitrogens with zero attached hydrogens (tertiary/aromatic N) is 1. The zero-order valence-corrected chi connectivity index (χ0v) is 8.97. The van der Waals surface area contributed by atoms with Crippen molar-refractivity contribution in [1.82, 2.24) is 0 Å². The second-order valence-electron chi connectivity index (χ2n) is 3.41. The summed E-state index contributed by atoms with van der Waals surface area (Å²) in [6.45, 7) is -0.0691. The number of benzene rings is 1. The number of hydrogen-bond acceptors (Lipinski definition) is 3. The molecular weight excluding hydrogens is 206 g/mol. The summed E-state index contributed by atoms with van der Waals surface area (Å²) >= 11 is 0. The number of hydrogen-bond donors (Lipinski definition) is 2. The average molecular weight is 221 g/mol. The fourth-order valence-corrected chi connectivity index (χ4v) is 1.34. The summed E-state index contributed by atoms with van der Waals surface area (Å²) in [5, 5.41) is 17.0. The first kappa shape index (κ1) is 12.4. The first-order chi connectivity index (χ1) is 7.72. The van der Waals surface area contributed by atoms with Crippen molar-refractivity contribution in [3.8, 4) is 0 Å². The summed E-state index contributed by atoms with van der Waals surface area (Å²) in [5.74, 6) is -0.760. The molecular formula is C12H15NO3. The maximum atomic E-state index is 10.3. The maximum Gasteiger partial charge on any atom is 0.303 e. The lowest BCUT2D eigenvalue weighted by Crippen LogP contribution is -1.95. The van der Waals surface area contributed by atoms with Gasteiger partial charge in [-0.2, -0.15) is 0 Å². The van der Waals surface area contributed by atoms with E-state index in [9.17, 15) is 4.79 Å². The Hall–Kier alpha value is -1.68. The quantitative estimate of drug-likeness (QED) is 0.719. The minimum atomic E-state index is -0.760. The number of rotatable bonds is 6. The highest BCUT2D eigenvalue weighted by atomic mass is 16.4. The van der Waals surface area contributed by atoms with Crippen LogP contribution >= 0.6 is 0 Å². The van der Waals surface area contributed by atoms with Crippen molar-refractivity contribution < 1.29 is 15.0 Å². The summed E-state index contributed by atoms with van der Waals surface area (Å²) < 4.78 is 0. The van der Waals surface area contributed by atoms with E-state index < -0.39 is 5.97 Å². The van der Waals surface area contributed by atoms with Crippen LogP contribution in [0.2, 0.25) is 0 Å². The van der Waals surface area contributed by atoms with Crippen LogP contribution in [0, 0.1) is 0 Å². The van der Waals surface area contributed by atoms with E-state index in [2.05, 4.69) is 4.99 Å². The van der Waals surface area contributed by atoms with Crippen LogP contribution in [0.5, 0.6) is 0 Å². The van der Waals surface area contributed by atoms with E-state index in [1.54, 1.807) is 0 Å². The minimum absolute atomic E-state index is 0.0691. The maximum absolute atomic E-state index is 10.3. The monoisotopic (exact) mass is 221 g/mol. The molecule has 0 radical (unpaired) electrons. The number of aryl methyl sites for hydroxylation is 1. The largest absolute Gasteiger partial charge is 0.481 e. The van der Waals surface area contributed by atoms with Crippen LogP contribution in [0.3, 0.4) is 0 Å². The van der Waals surface area contributed by atoms with Crippen LogP contribution < -0.4 is 0 Å². The van der Waals surface area contributed by atoms with Gasteiger partial charge in [-0.05, 0) is 30.5 Å². The van der Waals surface area contributed by atoms with Gasteiger partial charge in [0.15, 0.2) is 0 Å². The zero-order chi connectivity index (χ0) is 11.8. The van der Waals surface area contributed by atoms with Gasteiger partial charge in [-0.15, -0.1) is 0 Å². The molecule has 0 saturated carbocycles. The SMILES string of the molecule is O=C(O)CCCc1ccc(N=CCO)cc1. The summed E-state index contributed by atoms with van der Waals surface area (Å²) in [4.78, 5) is 14.3. The third kappa shape index (κ3) is 4.70. The van der Waals surface area contributed by atoms with E-state index in [1.807, 2.05) is 24.3 Å². The van der Waals surface area contributed by atoms with Crippen molar-refractivity contribution in [2.75, 3.05) is 6.61 Å². The van der Waals surface area contributed by atoms with Crippen LogP contribution in [0.4, 0.5) is 5.69 Å². The average Bonchev–Trinajstić information content (AvgIpc) is 2.27. The third-order valence-electron chi connectivity index (χ3n) is 2.11. The molecule has 0 aliphatic carbocycles. The molecule has 1 aromatic rings. The first-order valence-electron chi connectivity index (χ1n) is 5.16. The van der Waals surface area contributed by atoms with Gasteiger partial charge in [0.25, 0.3) is 0 Å². The minimum Gasteiger partial charge on any atom is -0.481 e. The molecule has 2 N–H and O–H groups in total. The van der Waals surface area contributed by atoms with Crippen LogP contribution in [0.25, 0.3) is 0 Å². The zero-order valence-electron chi connectivity index (χ0n) is 8.97. The number of carbonyl (C=O) groups is 1. The number of aliphatic imine (C=N–C) groups is 1. The second-order valence-corrected chi connectivity index (χ2v) is 3.41. The predicted molar refractivity (Wildman–Crippen MR) is 62.3 cm³/mol. The van der Waals surface area contributed by atoms with Crippen molar-refractivity contribution in [2.24, 2.45) is 4.99 Å². The summed E-state index contributed by atoms with van der Waals surface area (Å²) in [5.41, 5.74) is 1.89. The molecule has 16 heavy (non-hydrogen) atoms. The Morgan fingerprint density at radius 1 is 1.31 bits per heavy atom. The Bertz CT molecular complexity index is 357. The molecule has 0 aliphatic rings. The molecule has 4 nitrogen and oxygen atoms in total. The summed E-state index contributed by atoms with van der Waals surface area (Å²) in [6.07, 6.45) is 3.04. The van der Waals surface area contributed by atoms with Gasteiger partial charge >= 0.3 is 5.97 Å². The van der Waals surface area contributed by atoms with E-state index >= 15 is 0 Å². The van der Waals surface area contributed by atoms with E-state index in [0.717, 1.165) is 17.7 Å². The van der Waals surface area contributed by atoms with Gasteiger partial charge in [0, 0.05) is 12.6 Å². The molecule has 4 heteroatoms. The van der Waals surface area contributed by atoms with Crippen molar-refractivity contribution in [3.63, 3.8) is 0 Å². The fraction of sp³-hybridized carbons (Fsp3) is 0.333. The lowest BCUT2D eigenvalue weighted by molar-refractivity contribution is -0.137. The lowest BCUT2D eigenvalue weighted by Gasteiger charge is -2.00. The van der Waals surface area contributed by atoms with Crippen molar-refractivity contribution in [1.29, 1.82) is 0 Å². The smallest absolute Gasteiger partial charge is 0.303 e. The van der Waals surface area contributed by atoms with Gasteiger partial charge < -0.3 is 10.2 Å². The van der Waals surface area contributed by atoms with E-state index in [0.29, 0.717) is 6.42 Å². The molecule has 0 fully saturated rings. The molecule has 1 aromatic carbocycles. The standard InChI is InChI=1S/C12H15NO3/c14-9-8-13-11-6-4-10(5-7-11)2-1-3-12(15)16/h4-8,14H,1-3,9H2,(H,15,16). The normalized spacial score (nSPS) is 10.8. The number of carboxylic acids is 1. The number of carboxylic acid groups (broad SMARTS) is 1. The number of aliphatic carboxylic acids is 1. The number of aliphatic hydroxyl groups excluding tert-OH is 1. The molecule has 0 heterocycles. The van der Waals surface area contributed by atoms with Gasteiger partial charge in [0.2, 0.25) is 0 Å². The molecule has 86 valence electrons. The van der Waals surface area contributed by atoms with Gasteiger partial charge in [0.1, 0.15) is 0 Å². The van der Waals surface area contributed by atoms with Gasteiger partial charge in [0.05, 0.1) is 12.3 Å². The van der Waals surface area contributed by atoms with E-state index in [-0.39, 0.29) is 13.0 Å². The van der Waals surface area contributed by atoms with Crippen molar-refractivity contribution in [2.45, 2.75) is 19.3 Å². The molecule has 0 spiro atoms.